The van der Waals surface area contributed by atoms with Gasteiger partial charge in [-0.15, -0.1) is 15.3 Å². The second-order valence-corrected chi connectivity index (χ2v) is 7.75. The van der Waals surface area contributed by atoms with Gasteiger partial charge in [0.1, 0.15) is 5.82 Å². The second kappa shape index (κ2) is 6.16. The summed E-state index contributed by atoms with van der Waals surface area (Å²) in [6.45, 7) is 2.72. The summed E-state index contributed by atoms with van der Waals surface area (Å²) >= 11 is 0. The highest BCUT2D eigenvalue weighted by molar-refractivity contribution is 5.48. The Labute approximate surface area is 157 Å². The van der Waals surface area contributed by atoms with Gasteiger partial charge in [0.2, 0.25) is 5.56 Å². The smallest absolute Gasteiger partial charge is 0.250 e. The fraction of sp³-hybridized carbons (Fsp3) is 0.474. The third-order valence-corrected chi connectivity index (χ3v) is 5.60. The highest BCUT2D eigenvalue weighted by Crippen LogP contribution is 2.38. The van der Waals surface area contributed by atoms with Gasteiger partial charge in [0.15, 0.2) is 11.5 Å². The predicted molar refractivity (Wildman–Crippen MR) is 102 cm³/mol. The predicted octanol–water partition coefficient (Wildman–Crippen LogP) is 1.02. The largest absolute Gasteiger partial charge is 0.352 e. The van der Waals surface area contributed by atoms with Crippen molar-refractivity contribution in [1.82, 2.24) is 29.3 Å². The first-order valence-corrected chi connectivity index (χ1v) is 9.41. The van der Waals surface area contributed by atoms with E-state index in [1.54, 1.807) is 17.7 Å². The second-order valence-electron chi connectivity index (χ2n) is 7.75. The molecule has 0 spiro atoms. The maximum absolute atomic E-state index is 11.5. The molecule has 0 atom stereocenters. The molecule has 1 aliphatic carbocycles. The summed E-state index contributed by atoms with van der Waals surface area (Å²) in [7, 11) is 3.92. The molecule has 0 unspecified atom stereocenters. The summed E-state index contributed by atoms with van der Waals surface area (Å²) in [5.74, 6) is 2.51. The van der Waals surface area contributed by atoms with Gasteiger partial charge in [-0.3, -0.25) is 9.69 Å². The van der Waals surface area contributed by atoms with Crippen LogP contribution in [0.4, 0.5) is 5.82 Å². The molecule has 2 aliphatic rings. The van der Waals surface area contributed by atoms with Crippen LogP contribution in [0.5, 0.6) is 0 Å². The van der Waals surface area contributed by atoms with E-state index < -0.39 is 0 Å². The van der Waals surface area contributed by atoms with Crippen LogP contribution in [0.2, 0.25) is 0 Å². The lowest BCUT2D eigenvalue weighted by Gasteiger charge is -2.44. The first-order valence-electron chi connectivity index (χ1n) is 9.41. The van der Waals surface area contributed by atoms with Crippen LogP contribution < -0.4 is 10.5 Å². The lowest BCUT2D eigenvalue weighted by Crippen LogP contribution is -2.58. The number of hydrogen-bond donors (Lipinski definition) is 0. The van der Waals surface area contributed by atoms with Crippen molar-refractivity contribution in [2.24, 2.45) is 7.05 Å². The zero-order valence-electron chi connectivity index (χ0n) is 15.6. The van der Waals surface area contributed by atoms with Crippen molar-refractivity contribution >= 4 is 11.5 Å². The summed E-state index contributed by atoms with van der Waals surface area (Å²) in [5, 5.41) is 13.3. The maximum Gasteiger partial charge on any atom is 0.250 e. The van der Waals surface area contributed by atoms with Gasteiger partial charge in [-0.2, -0.15) is 4.52 Å². The van der Waals surface area contributed by atoms with Gasteiger partial charge in [0, 0.05) is 50.9 Å². The number of anilines is 1. The van der Waals surface area contributed by atoms with E-state index in [4.69, 9.17) is 5.10 Å². The Bertz CT molecular complexity index is 1050. The lowest BCUT2D eigenvalue weighted by molar-refractivity contribution is 0.196. The van der Waals surface area contributed by atoms with Gasteiger partial charge in [-0.05, 0) is 37.6 Å². The number of likely N-dealkylation sites (N-methyl/N-ethyl adjacent to an activating group) is 1. The third-order valence-electron chi connectivity index (χ3n) is 5.60. The van der Waals surface area contributed by atoms with Crippen LogP contribution >= 0.6 is 0 Å². The molecule has 0 N–H and O–H groups in total. The summed E-state index contributed by atoms with van der Waals surface area (Å²) < 4.78 is 3.54. The monoisotopic (exact) mass is 365 g/mol. The molecule has 8 heteroatoms. The summed E-state index contributed by atoms with van der Waals surface area (Å²) in [4.78, 5) is 16.2. The minimum atomic E-state index is 0.0252. The van der Waals surface area contributed by atoms with E-state index in [0.29, 0.717) is 12.0 Å². The molecule has 2 fully saturated rings. The van der Waals surface area contributed by atoms with Gasteiger partial charge >= 0.3 is 0 Å². The maximum atomic E-state index is 11.5. The molecule has 4 heterocycles. The van der Waals surface area contributed by atoms with Crippen LogP contribution in [-0.4, -0.2) is 55.5 Å². The number of pyridine rings is 1. The zero-order chi connectivity index (χ0) is 18.5. The molecule has 3 aromatic heterocycles. The van der Waals surface area contributed by atoms with Crippen molar-refractivity contribution in [3.63, 3.8) is 0 Å². The van der Waals surface area contributed by atoms with E-state index in [2.05, 4.69) is 27.0 Å². The molecule has 3 aromatic rings. The minimum absolute atomic E-state index is 0.0252. The summed E-state index contributed by atoms with van der Waals surface area (Å²) in [5.41, 5.74) is 2.00. The molecule has 5 rings (SSSR count). The number of aromatic nitrogens is 5. The van der Waals surface area contributed by atoms with Crippen LogP contribution in [0.1, 0.15) is 30.1 Å². The number of nitrogens with zero attached hydrogens (tertiary/aromatic N) is 7. The highest BCUT2D eigenvalue weighted by Gasteiger charge is 2.32. The average Bonchev–Trinajstić information content (AvgIpc) is 3.36. The molecular weight excluding hydrogens is 342 g/mol. The summed E-state index contributed by atoms with van der Waals surface area (Å²) in [6.07, 6.45) is 4.29. The zero-order valence-corrected chi connectivity index (χ0v) is 15.6. The fourth-order valence-electron chi connectivity index (χ4n) is 3.64. The van der Waals surface area contributed by atoms with Gasteiger partial charge < -0.3 is 9.47 Å². The molecule has 1 aliphatic heterocycles. The Balaban J connectivity index is 1.26. The van der Waals surface area contributed by atoms with Crippen LogP contribution in [0, 0.1) is 0 Å². The van der Waals surface area contributed by atoms with Gasteiger partial charge in [0.05, 0.1) is 0 Å². The molecule has 0 aromatic carbocycles. The number of aryl methyl sites for hydroxylation is 1. The molecule has 27 heavy (non-hydrogen) atoms. The molecular formula is C19H23N7O. The third kappa shape index (κ3) is 2.99. The van der Waals surface area contributed by atoms with Gasteiger partial charge in [-0.25, -0.2) is 0 Å². The Morgan fingerprint density at radius 3 is 2.70 bits per heavy atom. The average molecular weight is 365 g/mol. The first kappa shape index (κ1) is 16.4. The molecule has 1 saturated carbocycles. The first-order chi connectivity index (χ1) is 13.1. The van der Waals surface area contributed by atoms with Crippen LogP contribution in [0.25, 0.3) is 5.65 Å². The van der Waals surface area contributed by atoms with Crippen molar-refractivity contribution in [2.75, 3.05) is 25.0 Å². The number of hydrogen-bond acceptors (Lipinski definition) is 6. The number of rotatable bonds is 5. The van der Waals surface area contributed by atoms with Gasteiger partial charge in [-0.1, -0.05) is 6.07 Å². The summed E-state index contributed by atoms with van der Waals surface area (Å²) in [6, 6.07) is 8.05. The van der Waals surface area contributed by atoms with Crippen molar-refractivity contribution in [2.45, 2.75) is 31.3 Å². The molecule has 0 radical (unpaired) electrons. The normalized spacial score (nSPS) is 17.7. The van der Waals surface area contributed by atoms with Crippen molar-refractivity contribution in [3.8, 4) is 0 Å². The minimum Gasteiger partial charge on any atom is -0.352 e. The fourth-order valence-corrected chi connectivity index (χ4v) is 3.64. The van der Waals surface area contributed by atoms with E-state index in [9.17, 15) is 4.79 Å². The highest BCUT2D eigenvalue weighted by atomic mass is 16.1. The van der Waals surface area contributed by atoms with Crippen LogP contribution in [0.3, 0.4) is 0 Å². The van der Waals surface area contributed by atoms with E-state index in [-0.39, 0.29) is 5.56 Å². The van der Waals surface area contributed by atoms with Crippen molar-refractivity contribution in [1.29, 1.82) is 0 Å². The molecule has 0 amide bonds. The molecule has 0 bridgehead atoms. The Morgan fingerprint density at radius 1 is 1.15 bits per heavy atom. The van der Waals surface area contributed by atoms with Crippen LogP contribution in [0.15, 0.2) is 35.3 Å². The molecule has 140 valence electrons. The van der Waals surface area contributed by atoms with Crippen molar-refractivity contribution in [3.05, 3.63) is 52.2 Å². The van der Waals surface area contributed by atoms with Crippen molar-refractivity contribution < 1.29 is 0 Å². The van der Waals surface area contributed by atoms with E-state index in [0.717, 1.165) is 42.5 Å². The SMILES string of the molecule is CN(Cc1ccc(=O)n(C)c1)C1CN(c2ccc3nnc(C4CC4)n3n2)C1. The van der Waals surface area contributed by atoms with Gasteiger partial charge in [0.25, 0.3) is 0 Å². The van der Waals surface area contributed by atoms with E-state index in [1.807, 2.05) is 28.9 Å². The van der Waals surface area contributed by atoms with Crippen LogP contribution in [-0.2, 0) is 13.6 Å². The molecule has 1 saturated heterocycles. The Kier molecular flexibility index (Phi) is 3.75. The molecule has 8 nitrogen and oxygen atoms in total. The quantitative estimate of drug-likeness (QED) is 0.672. The Hall–Kier alpha value is -2.74. The Morgan fingerprint density at radius 2 is 1.96 bits per heavy atom. The standard InChI is InChI=1S/C19H23N7O/c1-23(9-13-3-8-18(27)24(2)10-13)15-11-25(12-15)17-7-6-16-20-21-19(14-4-5-14)26(16)22-17/h3,6-8,10,14-15H,4-5,9,11-12H2,1-2H3. The number of fused-ring (bicyclic) bond motifs is 1. The lowest BCUT2D eigenvalue weighted by atomic mass is 10.1. The van der Waals surface area contributed by atoms with E-state index in [1.165, 1.54) is 12.8 Å². The topological polar surface area (TPSA) is 71.6 Å². The van der Waals surface area contributed by atoms with E-state index >= 15 is 0 Å².